The van der Waals surface area contributed by atoms with Crippen molar-refractivity contribution >= 4 is 16.9 Å². The maximum absolute atomic E-state index is 13.7. The van der Waals surface area contributed by atoms with Crippen LogP contribution in [0, 0.1) is 5.92 Å². The zero-order valence-electron chi connectivity index (χ0n) is 17.8. The second-order valence-corrected chi connectivity index (χ2v) is 8.26. The summed E-state index contributed by atoms with van der Waals surface area (Å²) < 4.78 is 10.9. The Kier molecular flexibility index (Phi) is 5.77. The highest BCUT2D eigenvalue weighted by molar-refractivity contribution is 5.89. The number of hydrogen-bond acceptors (Lipinski definition) is 4. The number of carbonyl (C=O) groups excluding carboxylic acids is 1. The van der Waals surface area contributed by atoms with Crippen LogP contribution in [0.2, 0.25) is 0 Å². The van der Waals surface area contributed by atoms with Crippen molar-refractivity contribution in [3.05, 3.63) is 59.9 Å². The quantitative estimate of drug-likeness (QED) is 0.644. The number of H-pyrrole nitrogens is 1. The van der Waals surface area contributed by atoms with E-state index in [0.29, 0.717) is 26.1 Å². The van der Waals surface area contributed by atoms with Crippen LogP contribution in [0.3, 0.4) is 0 Å². The molecular weight excluding hydrogens is 378 g/mol. The summed E-state index contributed by atoms with van der Waals surface area (Å²) in [5.41, 5.74) is 2.26. The van der Waals surface area contributed by atoms with Crippen LogP contribution >= 0.6 is 0 Å². The third kappa shape index (κ3) is 3.79. The Morgan fingerprint density at radius 2 is 1.83 bits per heavy atom. The summed E-state index contributed by atoms with van der Waals surface area (Å²) in [7, 11) is 1.65. The molecule has 3 aromatic rings. The molecule has 2 aromatic carbocycles. The van der Waals surface area contributed by atoms with Gasteiger partial charge in [0.05, 0.1) is 29.6 Å². The normalized spacial score (nSPS) is 17.1. The van der Waals surface area contributed by atoms with Gasteiger partial charge in [-0.1, -0.05) is 38.1 Å². The second-order valence-electron chi connectivity index (χ2n) is 8.26. The van der Waals surface area contributed by atoms with Gasteiger partial charge in [0.2, 0.25) is 5.91 Å². The van der Waals surface area contributed by atoms with Gasteiger partial charge in [0, 0.05) is 13.2 Å². The van der Waals surface area contributed by atoms with Crippen molar-refractivity contribution in [1.29, 1.82) is 0 Å². The van der Waals surface area contributed by atoms with Crippen molar-refractivity contribution in [2.75, 3.05) is 20.3 Å². The van der Waals surface area contributed by atoms with Crippen molar-refractivity contribution in [2.45, 2.75) is 38.1 Å². The lowest BCUT2D eigenvalue weighted by atomic mass is 9.73. The summed E-state index contributed by atoms with van der Waals surface area (Å²) >= 11 is 0. The highest BCUT2D eigenvalue weighted by atomic mass is 16.5. The minimum atomic E-state index is -0.621. The van der Waals surface area contributed by atoms with Gasteiger partial charge >= 0.3 is 0 Å². The zero-order chi connectivity index (χ0) is 21.1. The Hall–Kier alpha value is -2.86. The fourth-order valence-electron chi connectivity index (χ4n) is 4.23. The number of imidazole rings is 1. The molecule has 1 saturated heterocycles. The van der Waals surface area contributed by atoms with E-state index in [-0.39, 0.29) is 17.9 Å². The molecule has 1 aliphatic rings. The average molecular weight is 408 g/mol. The average Bonchev–Trinajstić information content (AvgIpc) is 3.21. The molecule has 1 atom stereocenters. The van der Waals surface area contributed by atoms with Crippen LogP contribution in [0.25, 0.3) is 11.0 Å². The van der Waals surface area contributed by atoms with Crippen molar-refractivity contribution in [3.8, 4) is 5.75 Å². The standard InChI is InChI=1S/C24H29N3O3/c1-16(2)21(22-25-19-6-4-5-7-20(19)26-22)27-23(28)24(12-14-30-15-13-24)17-8-10-18(29-3)11-9-17/h4-11,16,21H,12-15H2,1-3H3,(H,25,26)(H,27,28)/t21-/m0/s1. The van der Waals surface area contributed by atoms with Gasteiger partial charge in [-0.25, -0.2) is 4.98 Å². The molecule has 0 saturated carbocycles. The first-order valence-electron chi connectivity index (χ1n) is 10.5. The first-order chi connectivity index (χ1) is 14.5. The molecule has 2 heterocycles. The van der Waals surface area contributed by atoms with Gasteiger partial charge in [-0.3, -0.25) is 4.79 Å². The number of methoxy groups -OCH3 is 1. The topological polar surface area (TPSA) is 76.2 Å². The molecule has 1 amide bonds. The predicted molar refractivity (Wildman–Crippen MR) is 117 cm³/mol. The number of aromatic amines is 1. The fourth-order valence-corrected chi connectivity index (χ4v) is 4.23. The van der Waals surface area contributed by atoms with E-state index >= 15 is 0 Å². The van der Waals surface area contributed by atoms with Crippen LogP contribution in [0.1, 0.15) is 44.1 Å². The largest absolute Gasteiger partial charge is 0.497 e. The first kappa shape index (κ1) is 20.4. The fraction of sp³-hybridized carbons (Fsp3) is 0.417. The monoisotopic (exact) mass is 407 g/mol. The number of ether oxygens (including phenoxy) is 2. The number of carbonyl (C=O) groups is 1. The third-order valence-electron chi connectivity index (χ3n) is 6.08. The molecule has 4 rings (SSSR count). The van der Waals surface area contributed by atoms with E-state index in [0.717, 1.165) is 28.2 Å². The molecular formula is C24H29N3O3. The summed E-state index contributed by atoms with van der Waals surface area (Å²) in [5, 5.41) is 3.31. The summed E-state index contributed by atoms with van der Waals surface area (Å²) in [6.45, 7) is 5.33. The SMILES string of the molecule is COc1ccc(C2(C(=O)N[C@H](c3nc4ccccc4[nH]3)C(C)C)CCOCC2)cc1. The number of nitrogens with one attached hydrogen (secondary N) is 2. The Balaban J connectivity index is 1.65. The molecule has 1 aromatic heterocycles. The zero-order valence-corrected chi connectivity index (χ0v) is 17.8. The lowest BCUT2D eigenvalue weighted by molar-refractivity contribution is -0.131. The van der Waals surface area contributed by atoms with Gasteiger partial charge in [0.25, 0.3) is 0 Å². The molecule has 158 valence electrons. The number of nitrogens with zero attached hydrogens (tertiary/aromatic N) is 1. The molecule has 0 spiro atoms. The molecule has 30 heavy (non-hydrogen) atoms. The number of amides is 1. The van der Waals surface area contributed by atoms with Crippen LogP contribution in [0.15, 0.2) is 48.5 Å². The molecule has 1 aliphatic heterocycles. The molecule has 0 unspecified atom stereocenters. The van der Waals surface area contributed by atoms with Crippen LogP contribution in [0.4, 0.5) is 0 Å². The summed E-state index contributed by atoms with van der Waals surface area (Å²) in [6.07, 6.45) is 1.30. The van der Waals surface area contributed by atoms with Crippen molar-refractivity contribution in [2.24, 2.45) is 5.92 Å². The van der Waals surface area contributed by atoms with Crippen LogP contribution in [-0.2, 0) is 14.9 Å². The van der Waals surface area contributed by atoms with E-state index in [1.54, 1.807) is 7.11 Å². The van der Waals surface area contributed by atoms with E-state index in [2.05, 4.69) is 24.1 Å². The second kappa shape index (κ2) is 8.48. The van der Waals surface area contributed by atoms with E-state index in [1.165, 1.54) is 0 Å². The van der Waals surface area contributed by atoms with E-state index in [9.17, 15) is 4.79 Å². The van der Waals surface area contributed by atoms with Crippen LogP contribution in [-0.4, -0.2) is 36.2 Å². The van der Waals surface area contributed by atoms with Gasteiger partial charge < -0.3 is 19.8 Å². The van der Waals surface area contributed by atoms with E-state index < -0.39 is 5.41 Å². The number of hydrogen-bond donors (Lipinski definition) is 2. The first-order valence-corrected chi connectivity index (χ1v) is 10.5. The number of rotatable bonds is 6. The molecule has 0 bridgehead atoms. The molecule has 6 heteroatoms. The van der Waals surface area contributed by atoms with Crippen molar-refractivity contribution < 1.29 is 14.3 Å². The molecule has 0 aliphatic carbocycles. The highest BCUT2D eigenvalue weighted by Gasteiger charge is 2.43. The summed E-state index contributed by atoms with van der Waals surface area (Å²) in [5.74, 6) is 1.78. The molecule has 0 radical (unpaired) electrons. The predicted octanol–water partition coefficient (Wildman–Crippen LogP) is 4.13. The minimum absolute atomic E-state index is 0.0233. The number of fused-ring (bicyclic) bond motifs is 1. The lowest BCUT2D eigenvalue weighted by Crippen LogP contribution is -2.49. The maximum atomic E-state index is 13.7. The Morgan fingerprint density at radius 3 is 2.47 bits per heavy atom. The minimum Gasteiger partial charge on any atom is -0.497 e. The third-order valence-corrected chi connectivity index (χ3v) is 6.08. The van der Waals surface area contributed by atoms with Crippen molar-refractivity contribution in [3.63, 3.8) is 0 Å². The maximum Gasteiger partial charge on any atom is 0.231 e. The van der Waals surface area contributed by atoms with Crippen LogP contribution < -0.4 is 10.1 Å². The van der Waals surface area contributed by atoms with Gasteiger partial charge in [0.15, 0.2) is 0 Å². The number of aromatic nitrogens is 2. The summed E-state index contributed by atoms with van der Waals surface area (Å²) in [4.78, 5) is 21.9. The molecule has 2 N–H and O–H groups in total. The highest BCUT2D eigenvalue weighted by Crippen LogP contribution is 2.37. The van der Waals surface area contributed by atoms with Crippen molar-refractivity contribution in [1.82, 2.24) is 15.3 Å². The van der Waals surface area contributed by atoms with E-state index in [4.69, 9.17) is 14.5 Å². The number of benzene rings is 2. The summed E-state index contributed by atoms with van der Waals surface area (Å²) in [6, 6.07) is 15.5. The van der Waals surface area contributed by atoms with Crippen LogP contribution in [0.5, 0.6) is 5.75 Å². The molecule has 1 fully saturated rings. The van der Waals surface area contributed by atoms with E-state index in [1.807, 2.05) is 48.5 Å². The van der Waals surface area contributed by atoms with Gasteiger partial charge in [0.1, 0.15) is 11.6 Å². The molecule has 6 nitrogen and oxygen atoms in total. The number of para-hydroxylation sites is 2. The lowest BCUT2D eigenvalue weighted by Gasteiger charge is -2.37. The smallest absolute Gasteiger partial charge is 0.231 e. The van der Waals surface area contributed by atoms with Gasteiger partial charge in [-0.05, 0) is 48.6 Å². The Morgan fingerprint density at radius 1 is 1.13 bits per heavy atom. The Labute approximate surface area is 177 Å². The van der Waals surface area contributed by atoms with Gasteiger partial charge in [-0.2, -0.15) is 0 Å². The van der Waals surface area contributed by atoms with Gasteiger partial charge in [-0.15, -0.1) is 0 Å². The Bertz CT molecular complexity index is 971.